The van der Waals surface area contributed by atoms with Crippen LogP contribution in [0.4, 0.5) is 0 Å². The molecule has 0 unspecified atom stereocenters. The monoisotopic (exact) mass is 1090 g/mol. The Balaban J connectivity index is 0.806. The van der Waals surface area contributed by atoms with Crippen LogP contribution in [0.3, 0.4) is 0 Å². The fraction of sp³-hybridized carbons (Fsp3) is 0. The van der Waals surface area contributed by atoms with Crippen LogP contribution in [0.25, 0.3) is 186 Å². The third-order valence-corrected chi connectivity index (χ3v) is 18.3. The van der Waals surface area contributed by atoms with E-state index < -0.39 is 0 Å². The average molecular weight is 1090 g/mol. The number of benzene rings is 13. The van der Waals surface area contributed by atoms with Gasteiger partial charge >= 0.3 is 0 Å². The number of aromatic nitrogens is 6. The first-order valence-corrected chi connectivity index (χ1v) is 29.3. The lowest BCUT2D eigenvalue weighted by Crippen LogP contribution is -1.96. The molecular formula is C80H46N6. The van der Waals surface area contributed by atoms with E-state index in [0.717, 1.165) is 105 Å². The van der Waals surface area contributed by atoms with Crippen LogP contribution in [0.5, 0.6) is 0 Å². The smallest absolute Gasteiger partial charge is 0.0978 e. The average Bonchev–Trinajstić information content (AvgIpc) is 1.91. The van der Waals surface area contributed by atoms with Gasteiger partial charge in [-0.05, 0) is 162 Å². The molecule has 0 aliphatic heterocycles. The first-order valence-electron chi connectivity index (χ1n) is 29.3. The lowest BCUT2D eigenvalue weighted by Gasteiger charge is -2.14. The number of nitrogens with zero attached hydrogens (tertiary/aromatic N) is 6. The summed E-state index contributed by atoms with van der Waals surface area (Å²) in [5, 5.41) is 21.3. The van der Waals surface area contributed by atoms with E-state index in [2.05, 4.69) is 264 Å². The third-order valence-electron chi connectivity index (χ3n) is 18.3. The van der Waals surface area contributed by atoms with Crippen molar-refractivity contribution in [3.05, 3.63) is 279 Å². The molecule has 0 bridgehead atoms. The second-order valence-electron chi connectivity index (χ2n) is 22.8. The van der Waals surface area contributed by atoms with E-state index in [-0.39, 0.29) is 0 Å². The molecule has 396 valence electrons. The van der Waals surface area contributed by atoms with E-state index in [1.807, 2.05) is 24.5 Å². The van der Waals surface area contributed by atoms with Gasteiger partial charge in [-0.2, -0.15) is 0 Å². The highest BCUT2D eigenvalue weighted by Crippen LogP contribution is 2.45. The molecule has 0 saturated heterocycles. The molecular weight excluding hydrogens is 1040 g/mol. The van der Waals surface area contributed by atoms with E-state index in [1.54, 1.807) is 0 Å². The second kappa shape index (κ2) is 18.0. The largest absolute Gasteiger partial charge is 0.309 e. The topological polar surface area (TPSA) is 61.4 Å². The first kappa shape index (κ1) is 46.9. The number of hydrogen-bond donors (Lipinski definition) is 0. The molecule has 6 heterocycles. The van der Waals surface area contributed by atoms with Gasteiger partial charge in [-0.25, -0.2) is 9.97 Å². The molecule has 0 fully saturated rings. The van der Waals surface area contributed by atoms with Crippen LogP contribution in [-0.2, 0) is 0 Å². The Hall–Kier alpha value is -11.6. The van der Waals surface area contributed by atoms with Gasteiger partial charge < -0.3 is 9.13 Å². The van der Waals surface area contributed by atoms with Crippen LogP contribution in [0.2, 0.25) is 0 Å². The van der Waals surface area contributed by atoms with Gasteiger partial charge in [-0.3, -0.25) is 9.97 Å². The summed E-state index contributed by atoms with van der Waals surface area (Å²) < 4.78 is 4.89. The van der Waals surface area contributed by atoms with Crippen molar-refractivity contribution in [2.24, 2.45) is 0 Å². The number of pyridine rings is 4. The molecule has 19 aromatic rings. The van der Waals surface area contributed by atoms with E-state index in [9.17, 15) is 0 Å². The minimum Gasteiger partial charge on any atom is -0.309 e. The van der Waals surface area contributed by atoms with Crippen molar-refractivity contribution in [2.75, 3.05) is 0 Å². The maximum absolute atomic E-state index is 5.50. The van der Waals surface area contributed by atoms with Gasteiger partial charge in [0, 0.05) is 78.0 Å². The molecule has 0 saturated carbocycles. The van der Waals surface area contributed by atoms with Gasteiger partial charge in [-0.15, -0.1) is 0 Å². The third kappa shape index (κ3) is 6.78. The summed E-state index contributed by atoms with van der Waals surface area (Å²) in [4.78, 5) is 20.6. The summed E-state index contributed by atoms with van der Waals surface area (Å²) in [6.07, 6.45) is 3.74. The van der Waals surface area contributed by atoms with Crippen LogP contribution in [-0.4, -0.2) is 29.1 Å². The maximum Gasteiger partial charge on any atom is 0.0978 e. The SMILES string of the molecule is c1ccc(-n2c3ccccc3c3cc(-n4c5cc(-c6ccc7c8ccccc8c8cccnc8c7n6)ccc5c5cc6c7ccccc7c7cc(-c8ccc(-c9ccc%10c%11ccccc%11c%11cccnc%11c%10n9)cc8)ccc7c6cc54)ccc32)cc1. The van der Waals surface area contributed by atoms with E-state index in [0.29, 0.717) is 0 Å². The van der Waals surface area contributed by atoms with Crippen LogP contribution in [0.1, 0.15) is 0 Å². The normalized spacial score (nSPS) is 12.2. The lowest BCUT2D eigenvalue weighted by atomic mass is 9.91. The molecule has 0 N–H and O–H groups in total. The van der Waals surface area contributed by atoms with Crippen molar-refractivity contribution in [1.82, 2.24) is 29.1 Å². The summed E-state index contributed by atoms with van der Waals surface area (Å²) >= 11 is 0. The van der Waals surface area contributed by atoms with Crippen LogP contribution < -0.4 is 0 Å². The predicted octanol–water partition coefficient (Wildman–Crippen LogP) is 20.8. The maximum atomic E-state index is 5.50. The molecule has 6 aromatic heterocycles. The van der Waals surface area contributed by atoms with Crippen LogP contribution in [0, 0.1) is 0 Å². The van der Waals surface area contributed by atoms with Crippen molar-refractivity contribution in [1.29, 1.82) is 0 Å². The van der Waals surface area contributed by atoms with Gasteiger partial charge in [0.1, 0.15) is 0 Å². The minimum absolute atomic E-state index is 0.901. The molecule has 0 spiro atoms. The zero-order chi connectivity index (χ0) is 56.1. The Morgan fingerprint density at radius 2 is 0.616 bits per heavy atom. The number of rotatable bonds is 5. The Labute approximate surface area is 491 Å². The zero-order valence-electron chi connectivity index (χ0n) is 46.2. The second-order valence-corrected chi connectivity index (χ2v) is 22.8. The Kier molecular flexibility index (Phi) is 9.80. The highest BCUT2D eigenvalue weighted by Gasteiger charge is 2.22. The molecule has 0 radical (unpaired) electrons. The fourth-order valence-electron chi connectivity index (χ4n) is 14.4. The van der Waals surface area contributed by atoms with Crippen molar-refractivity contribution < 1.29 is 0 Å². The quantitative estimate of drug-likeness (QED) is 0.161. The van der Waals surface area contributed by atoms with Gasteiger partial charge in [-0.1, -0.05) is 170 Å². The first-order chi connectivity index (χ1) is 42.6. The molecule has 6 heteroatoms. The summed E-state index contributed by atoms with van der Waals surface area (Å²) in [5.74, 6) is 0. The lowest BCUT2D eigenvalue weighted by molar-refractivity contribution is 1.17. The fourth-order valence-corrected chi connectivity index (χ4v) is 14.4. The van der Waals surface area contributed by atoms with E-state index in [1.165, 1.54) is 80.9 Å². The number of fused-ring (bicyclic) bond motifs is 24. The minimum atomic E-state index is 0.901. The van der Waals surface area contributed by atoms with Gasteiger partial charge in [0.25, 0.3) is 0 Å². The summed E-state index contributed by atoms with van der Waals surface area (Å²) in [6.45, 7) is 0. The number of para-hydroxylation sites is 2. The van der Waals surface area contributed by atoms with Crippen molar-refractivity contribution in [3.63, 3.8) is 0 Å². The van der Waals surface area contributed by atoms with Gasteiger partial charge in [0.2, 0.25) is 0 Å². The molecule has 0 amide bonds. The molecule has 0 atom stereocenters. The Morgan fingerprint density at radius 3 is 1.27 bits per heavy atom. The van der Waals surface area contributed by atoms with Crippen molar-refractivity contribution >= 4 is 141 Å². The van der Waals surface area contributed by atoms with Crippen molar-refractivity contribution in [3.8, 4) is 45.0 Å². The standard InChI is InChI=1S/C80H46N6/c1-2-14-51(15-3-1)85-73-25-11-10-22-60(73)69-44-52(32-39-74(69)85)86-75-43-50(72-38-36-65-56-19-7-5-17-54(56)63-24-13-41-82-78(63)80(65)84-72)31-34-61(75)70-45-67-58-21-9-8-20-57(58)66-42-49(30-33-59(66)68(67)46-76(70)86)47-26-28-48(29-27-47)71-37-35-64-55-18-6-4-16-53(55)62-23-12-40-81-77(62)79(64)83-71/h1-46H. The number of hydrogen-bond acceptors (Lipinski definition) is 4. The molecule has 0 aliphatic carbocycles. The van der Waals surface area contributed by atoms with E-state index >= 15 is 0 Å². The Morgan fingerprint density at radius 1 is 0.198 bits per heavy atom. The van der Waals surface area contributed by atoms with E-state index in [4.69, 9.17) is 19.9 Å². The summed E-state index contributed by atoms with van der Waals surface area (Å²) in [7, 11) is 0. The molecule has 13 aromatic carbocycles. The predicted molar refractivity (Wildman–Crippen MR) is 360 cm³/mol. The van der Waals surface area contributed by atoms with Gasteiger partial charge in [0.05, 0.1) is 55.5 Å². The van der Waals surface area contributed by atoms with Gasteiger partial charge in [0.15, 0.2) is 0 Å². The molecule has 0 aliphatic rings. The summed E-state index contributed by atoms with van der Waals surface area (Å²) in [5.41, 5.74) is 16.7. The molecule has 19 rings (SSSR count). The zero-order valence-corrected chi connectivity index (χ0v) is 46.2. The van der Waals surface area contributed by atoms with Crippen molar-refractivity contribution in [2.45, 2.75) is 0 Å². The molecule has 86 heavy (non-hydrogen) atoms. The van der Waals surface area contributed by atoms with Crippen LogP contribution in [0.15, 0.2) is 279 Å². The highest BCUT2D eigenvalue weighted by molar-refractivity contribution is 6.30. The summed E-state index contributed by atoms with van der Waals surface area (Å²) in [6, 6.07) is 97.5. The molecule has 6 nitrogen and oxygen atoms in total. The van der Waals surface area contributed by atoms with Crippen LogP contribution >= 0.6 is 0 Å². The highest BCUT2D eigenvalue weighted by atomic mass is 15.0. The Bertz CT molecular complexity index is 6070.